The number of hydrogen-bond acceptors (Lipinski definition) is 2. The van der Waals surface area contributed by atoms with Gasteiger partial charge in [-0.15, -0.1) is 0 Å². The van der Waals surface area contributed by atoms with E-state index in [-0.39, 0.29) is 6.04 Å². The van der Waals surface area contributed by atoms with E-state index < -0.39 is 11.6 Å². The molecule has 1 saturated heterocycles. The van der Waals surface area contributed by atoms with Crippen molar-refractivity contribution in [3.05, 3.63) is 35.4 Å². The van der Waals surface area contributed by atoms with E-state index in [4.69, 9.17) is 4.74 Å². The minimum absolute atomic E-state index is 0.0801. The highest BCUT2D eigenvalue weighted by molar-refractivity contribution is 5.21. The first kappa shape index (κ1) is 15.4. The Balaban J connectivity index is 1.89. The van der Waals surface area contributed by atoms with Gasteiger partial charge in [-0.2, -0.15) is 0 Å². The minimum atomic E-state index is -0.789. The highest BCUT2D eigenvalue weighted by Gasteiger charge is 2.17. The van der Waals surface area contributed by atoms with Crippen LogP contribution in [0.3, 0.4) is 0 Å². The van der Waals surface area contributed by atoms with Gasteiger partial charge in [-0.25, -0.2) is 8.78 Å². The summed E-state index contributed by atoms with van der Waals surface area (Å²) in [5.41, 5.74) is 0.818. The first-order valence-electron chi connectivity index (χ1n) is 7.50. The summed E-state index contributed by atoms with van der Waals surface area (Å²) in [6.07, 6.45) is 5.69. The van der Waals surface area contributed by atoms with E-state index in [0.29, 0.717) is 6.10 Å². The monoisotopic (exact) mass is 283 g/mol. The lowest BCUT2D eigenvalue weighted by Gasteiger charge is -2.19. The number of benzene rings is 1. The molecule has 20 heavy (non-hydrogen) atoms. The Morgan fingerprint density at radius 2 is 2.20 bits per heavy atom. The Hall–Kier alpha value is -1.00. The van der Waals surface area contributed by atoms with E-state index in [0.717, 1.165) is 50.8 Å². The van der Waals surface area contributed by atoms with Gasteiger partial charge < -0.3 is 10.1 Å². The van der Waals surface area contributed by atoms with Gasteiger partial charge in [0.05, 0.1) is 6.10 Å². The fourth-order valence-electron chi connectivity index (χ4n) is 2.78. The molecular weight excluding hydrogens is 260 g/mol. The maximum Gasteiger partial charge on any atom is 0.159 e. The number of halogens is 2. The zero-order chi connectivity index (χ0) is 14.4. The van der Waals surface area contributed by atoms with Gasteiger partial charge >= 0.3 is 0 Å². The summed E-state index contributed by atoms with van der Waals surface area (Å²) in [6, 6.07) is 4.25. The van der Waals surface area contributed by atoms with Crippen LogP contribution in [0, 0.1) is 11.6 Å². The SMILES string of the molecule is CCNC(CCCC1CCCO1)c1ccc(F)c(F)c1. The Morgan fingerprint density at radius 1 is 1.35 bits per heavy atom. The Kier molecular flexibility index (Phi) is 5.92. The van der Waals surface area contributed by atoms with Crippen LogP contribution in [0.2, 0.25) is 0 Å². The molecule has 0 saturated carbocycles. The maximum absolute atomic E-state index is 13.3. The van der Waals surface area contributed by atoms with Crippen molar-refractivity contribution in [1.29, 1.82) is 0 Å². The molecule has 2 atom stereocenters. The number of hydrogen-bond donors (Lipinski definition) is 1. The zero-order valence-electron chi connectivity index (χ0n) is 12.0. The molecule has 1 aliphatic heterocycles. The summed E-state index contributed by atoms with van der Waals surface area (Å²) >= 11 is 0. The summed E-state index contributed by atoms with van der Waals surface area (Å²) in [5, 5.41) is 3.34. The third-order valence-electron chi connectivity index (χ3n) is 3.84. The van der Waals surface area contributed by atoms with Crippen molar-refractivity contribution in [1.82, 2.24) is 5.32 Å². The molecule has 1 fully saturated rings. The van der Waals surface area contributed by atoms with Gasteiger partial charge in [-0.3, -0.25) is 0 Å². The Bertz CT molecular complexity index is 419. The van der Waals surface area contributed by atoms with Gasteiger partial charge in [0.2, 0.25) is 0 Å². The lowest BCUT2D eigenvalue weighted by atomic mass is 9.99. The van der Waals surface area contributed by atoms with Gasteiger partial charge in [0.1, 0.15) is 0 Å². The van der Waals surface area contributed by atoms with Crippen LogP contribution in [0.25, 0.3) is 0 Å². The number of ether oxygens (including phenoxy) is 1. The molecule has 2 unspecified atom stereocenters. The molecule has 0 spiro atoms. The second kappa shape index (κ2) is 7.70. The molecule has 2 rings (SSSR count). The van der Waals surface area contributed by atoms with Gasteiger partial charge in [-0.05, 0) is 56.3 Å². The Morgan fingerprint density at radius 3 is 2.85 bits per heavy atom. The van der Waals surface area contributed by atoms with E-state index >= 15 is 0 Å². The molecule has 0 radical (unpaired) electrons. The molecule has 1 aromatic carbocycles. The molecule has 0 bridgehead atoms. The molecule has 112 valence electrons. The van der Waals surface area contributed by atoms with Crippen LogP contribution in [0.5, 0.6) is 0 Å². The molecule has 1 aromatic rings. The summed E-state index contributed by atoms with van der Waals surface area (Å²) in [4.78, 5) is 0. The lowest BCUT2D eigenvalue weighted by molar-refractivity contribution is 0.101. The van der Waals surface area contributed by atoms with Gasteiger partial charge in [-0.1, -0.05) is 13.0 Å². The van der Waals surface area contributed by atoms with Crippen LogP contribution in [0.1, 0.15) is 50.6 Å². The predicted molar refractivity (Wildman–Crippen MR) is 75.6 cm³/mol. The molecular formula is C16H23F2NO. The van der Waals surface area contributed by atoms with Crippen molar-refractivity contribution < 1.29 is 13.5 Å². The fourth-order valence-corrected chi connectivity index (χ4v) is 2.78. The number of rotatable bonds is 7. The average molecular weight is 283 g/mol. The van der Waals surface area contributed by atoms with Gasteiger partial charge in [0.25, 0.3) is 0 Å². The van der Waals surface area contributed by atoms with Gasteiger partial charge in [0, 0.05) is 12.6 Å². The zero-order valence-corrected chi connectivity index (χ0v) is 12.0. The summed E-state index contributed by atoms with van der Waals surface area (Å²) in [5.74, 6) is -1.56. The molecule has 1 aliphatic rings. The van der Waals surface area contributed by atoms with Crippen molar-refractivity contribution >= 4 is 0 Å². The van der Waals surface area contributed by atoms with E-state index in [1.165, 1.54) is 12.1 Å². The largest absolute Gasteiger partial charge is 0.378 e. The summed E-state index contributed by atoms with van der Waals surface area (Å²) in [6.45, 7) is 3.71. The maximum atomic E-state index is 13.3. The van der Waals surface area contributed by atoms with Crippen molar-refractivity contribution in [2.45, 2.75) is 51.2 Å². The molecule has 0 aliphatic carbocycles. The van der Waals surface area contributed by atoms with E-state index in [2.05, 4.69) is 5.32 Å². The van der Waals surface area contributed by atoms with Crippen LogP contribution in [0.15, 0.2) is 18.2 Å². The van der Waals surface area contributed by atoms with Crippen LogP contribution < -0.4 is 5.32 Å². The molecule has 0 aromatic heterocycles. The third kappa shape index (κ3) is 4.25. The predicted octanol–water partition coefficient (Wildman–Crippen LogP) is 3.96. The highest BCUT2D eigenvalue weighted by atomic mass is 19.2. The van der Waals surface area contributed by atoms with E-state index in [1.807, 2.05) is 6.92 Å². The van der Waals surface area contributed by atoms with Crippen LogP contribution >= 0.6 is 0 Å². The first-order chi connectivity index (χ1) is 9.70. The van der Waals surface area contributed by atoms with Crippen molar-refractivity contribution in [3.63, 3.8) is 0 Å². The molecule has 1 N–H and O–H groups in total. The molecule has 1 heterocycles. The van der Waals surface area contributed by atoms with Gasteiger partial charge in [0.15, 0.2) is 11.6 Å². The lowest BCUT2D eigenvalue weighted by Crippen LogP contribution is -2.21. The van der Waals surface area contributed by atoms with Crippen LogP contribution in [-0.2, 0) is 4.74 Å². The van der Waals surface area contributed by atoms with Crippen molar-refractivity contribution in [3.8, 4) is 0 Å². The fraction of sp³-hybridized carbons (Fsp3) is 0.625. The van der Waals surface area contributed by atoms with Crippen molar-refractivity contribution in [2.24, 2.45) is 0 Å². The van der Waals surface area contributed by atoms with E-state index in [1.54, 1.807) is 6.07 Å². The number of nitrogens with one attached hydrogen (secondary N) is 1. The summed E-state index contributed by atoms with van der Waals surface area (Å²) < 4.78 is 31.9. The Labute approximate surface area is 119 Å². The quantitative estimate of drug-likeness (QED) is 0.817. The molecule has 2 nitrogen and oxygen atoms in total. The topological polar surface area (TPSA) is 21.3 Å². The molecule has 0 amide bonds. The normalized spacial score (nSPS) is 20.2. The minimum Gasteiger partial charge on any atom is -0.378 e. The van der Waals surface area contributed by atoms with Crippen LogP contribution in [-0.4, -0.2) is 19.3 Å². The first-order valence-corrected chi connectivity index (χ1v) is 7.50. The van der Waals surface area contributed by atoms with Crippen molar-refractivity contribution in [2.75, 3.05) is 13.2 Å². The average Bonchev–Trinajstić information content (AvgIpc) is 2.94. The second-order valence-corrected chi connectivity index (χ2v) is 5.35. The smallest absolute Gasteiger partial charge is 0.159 e. The standard InChI is InChI=1S/C16H23F2NO/c1-2-19-16(7-3-5-13-6-4-10-20-13)12-8-9-14(17)15(18)11-12/h8-9,11,13,16,19H,2-7,10H2,1H3. The third-order valence-corrected chi connectivity index (χ3v) is 3.84. The summed E-state index contributed by atoms with van der Waals surface area (Å²) in [7, 11) is 0. The van der Waals surface area contributed by atoms with Crippen LogP contribution in [0.4, 0.5) is 8.78 Å². The highest BCUT2D eigenvalue weighted by Crippen LogP contribution is 2.24. The second-order valence-electron chi connectivity index (χ2n) is 5.35. The van der Waals surface area contributed by atoms with E-state index in [9.17, 15) is 8.78 Å². The molecule has 4 heteroatoms.